The van der Waals surface area contributed by atoms with Gasteiger partial charge in [-0.2, -0.15) is 0 Å². The molecule has 1 saturated heterocycles. The van der Waals surface area contributed by atoms with Crippen LogP contribution in [0.2, 0.25) is 0 Å². The maximum Gasteiger partial charge on any atom is 0.255 e. The zero-order valence-corrected chi connectivity index (χ0v) is 11.1. The molecule has 1 aliphatic rings. The van der Waals surface area contributed by atoms with Crippen molar-refractivity contribution in [2.75, 3.05) is 13.1 Å². The number of halogens is 1. The molecule has 0 aromatic carbocycles. The average Bonchev–Trinajstić information content (AvgIpc) is 2.59. The number of rotatable bonds is 1. The smallest absolute Gasteiger partial charge is 0.255 e. The quantitative estimate of drug-likeness (QED) is 0.742. The molecule has 0 saturated carbocycles. The van der Waals surface area contributed by atoms with E-state index >= 15 is 0 Å². The maximum absolute atomic E-state index is 12.1. The van der Waals surface area contributed by atoms with Gasteiger partial charge in [0.2, 0.25) is 0 Å². The summed E-state index contributed by atoms with van der Waals surface area (Å²) in [5.41, 5.74) is 0.916. The molecule has 0 unspecified atom stereocenters. The van der Waals surface area contributed by atoms with Gasteiger partial charge in [0.1, 0.15) is 4.60 Å². The molecule has 1 aromatic heterocycles. The lowest BCUT2D eigenvalue weighted by Crippen LogP contribution is -2.30. The fraction of sp³-hybridized carbons (Fsp3) is 0.500. The van der Waals surface area contributed by atoms with E-state index in [2.05, 4.69) is 34.8 Å². The Hall–Kier alpha value is -0.900. The summed E-state index contributed by atoms with van der Waals surface area (Å²) in [6, 6.07) is 3.61. The molecule has 3 nitrogen and oxygen atoms in total. The number of carbonyl (C=O) groups is 1. The van der Waals surface area contributed by atoms with Gasteiger partial charge in [-0.1, -0.05) is 13.8 Å². The zero-order valence-electron chi connectivity index (χ0n) is 9.53. The monoisotopic (exact) mass is 282 g/mol. The van der Waals surface area contributed by atoms with Gasteiger partial charge < -0.3 is 4.90 Å². The van der Waals surface area contributed by atoms with E-state index < -0.39 is 0 Å². The van der Waals surface area contributed by atoms with E-state index in [4.69, 9.17) is 0 Å². The highest BCUT2D eigenvalue weighted by Gasteiger charge is 2.32. The second-order valence-electron chi connectivity index (χ2n) is 5.01. The second kappa shape index (κ2) is 4.17. The Morgan fingerprint density at radius 3 is 2.75 bits per heavy atom. The molecule has 1 amide bonds. The fourth-order valence-electron chi connectivity index (χ4n) is 1.97. The predicted molar refractivity (Wildman–Crippen MR) is 66.2 cm³/mol. The molecule has 1 aromatic rings. The molecule has 2 heterocycles. The van der Waals surface area contributed by atoms with Gasteiger partial charge in [-0.25, -0.2) is 4.98 Å². The van der Waals surface area contributed by atoms with Crippen molar-refractivity contribution in [1.29, 1.82) is 0 Å². The third-order valence-electron chi connectivity index (χ3n) is 2.94. The van der Waals surface area contributed by atoms with Gasteiger partial charge in [-0.05, 0) is 39.9 Å². The van der Waals surface area contributed by atoms with Crippen molar-refractivity contribution < 1.29 is 4.79 Å². The van der Waals surface area contributed by atoms with Crippen LogP contribution in [-0.4, -0.2) is 28.9 Å². The summed E-state index contributed by atoms with van der Waals surface area (Å²) < 4.78 is 0.755. The van der Waals surface area contributed by atoms with Gasteiger partial charge >= 0.3 is 0 Å². The molecule has 0 atom stereocenters. The number of hydrogen-bond acceptors (Lipinski definition) is 2. The SMILES string of the molecule is CC1(C)CCN(C(=O)c2ccc(Br)nc2)C1. The molecular weight excluding hydrogens is 268 g/mol. The Kier molecular flexibility index (Phi) is 3.02. The van der Waals surface area contributed by atoms with Crippen molar-refractivity contribution in [3.8, 4) is 0 Å². The van der Waals surface area contributed by atoms with Crippen LogP contribution in [0.1, 0.15) is 30.6 Å². The first kappa shape index (κ1) is 11.6. The molecule has 4 heteroatoms. The Morgan fingerprint density at radius 1 is 1.50 bits per heavy atom. The van der Waals surface area contributed by atoms with E-state index in [0.29, 0.717) is 5.56 Å². The lowest BCUT2D eigenvalue weighted by atomic mass is 9.93. The van der Waals surface area contributed by atoms with Crippen LogP contribution in [0.4, 0.5) is 0 Å². The summed E-state index contributed by atoms with van der Waals surface area (Å²) >= 11 is 3.26. The maximum atomic E-state index is 12.1. The van der Waals surface area contributed by atoms with Crippen LogP contribution in [0.3, 0.4) is 0 Å². The Morgan fingerprint density at radius 2 is 2.25 bits per heavy atom. The number of nitrogens with zero attached hydrogens (tertiary/aromatic N) is 2. The van der Waals surface area contributed by atoms with Crippen LogP contribution < -0.4 is 0 Å². The van der Waals surface area contributed by atoms with Gasteiger partial charge in [0, 0.05) is 19.3 Å². The number of amides is 1. The lowest BCUT2D eigenvalue weighted by molar-refractivity contribution is 0.0778. The summed E-state index contributed by atoms with van der Waals surface area (Å²) in [5, 5.41) is 0. The standard InChI is InChI=1S/C12H15BrN2O/c1-12(2)5-6-15(8-12)11(16)9-3-4-10(13)14-7-9/h3-4,7H,5-6,8H2,1-2H3. The van der Waals surface area contributed by atoms with Gasteiger partial charge in [0.15, 0.2) is 0 Å². The van der Waals surface area contributed by atoms with E-state index in [0.717, 1.165) is 24.1 Å². The molecule has 0 aliphatic carbocycles. The Labute approximate surface area is 104 Å². The van der Waals surface area contributed by atoms with Crippen LogP contribution in [0, 0.1) is 5.41 Å². The summed E-state index contributed by atoms with van der Waals surface area (Å²) in [4.78, 5) is 18.1. The predicted octanol–water partition coefficient (Wildman–Crippen LogP) is 2.72. The molecule has 1 fully saturated rings. The highest BCUT2D eigenvalue weighted by Crippen LogP contribution is 2.29. The molecule has 0 spiro atoms. The first-order valence-corrected chi connectivity index (χ1v) is 6.18. The van der Waals surface area contributed by atoms with Gasteiger partial charge in [0.25, 0.3) is 5.91 Å². The zero-order chi connectivity index (χ0) is 11.8. The van der Waals surface area contributed by atoms with E-state index in [-0.39, 0.29) is 11.3 Å². The van der Waals surface area contributed by atoms with E-state index in [1.807, 2.05) is 11.0 Å². The number of pyridine rings is 1. The largest absolute Gasteiger partial charge is 0.338 e. The third-order valence-corrected chi connectivity index (χ3v) is 3.41. The Bertz CT molecular complexity index is 400. The van der Waals surface area contributed by atoms with E-state index in [9.17, 15) is 4.79 Å². The molecule has 86 valence electrons. The van der Waals surface area contributed by atoms with Crippen LogP contribution >= 0.6 is 15.9 Å². The minimum Gasteiger partial charge on any atom is -0.338 e. The van der Waals surface area contributed by atoms with Crippen molar-refractivity contribution in [3.05, 3.63) is 28.5 Å². The molecule has 2 rings (SSSR count). The molecule has 0 N–H and O–H groups in total. The molecule has 0 bridgehead atoms. The fourth-order valence-corrected chi connectivity index (χ4v) is 2.21. The Balaban J connectivity index is 2.12. The third kappa shape index (κ3) is 2.43. The molecule has 16 heavy (non-hydrogen) atoms. The topological polar surface area (TPSA) is 33.2 Å². The highest BCUT2D eigenvalue weighted by molar-refractivity contribution is 9.10. The van der Waals surface area contributed by atoms with Gasteiger partial charge in [-0.15, -0.1) is 0 Å². The van der Waals surface area contributed by atoms with Crippen molar-refractivity contribution in [2.45, 2.75) is 20.3 Å². The number of carbonyl (C=O) groups excluding carboxylic acids is 1. The van der Waals surface area contributed by atoms with Crippen LogP contribution in [0.5, 0.6) is 0 Å². The van der Waals surface area contributed by atoms with Crippen molar-refractivity contribution >= 4 is 21.8 Å². The normalized spacial score (nSPS) is 18.8. The number of likely N-dealkylation sites (tertiary alicyclic amines) is 1. The van der Waals surface area contributed by atoms with Crippen molar-refractivity contribution in [3.63, 3.8) is 0 Å². The summed E-state index contributed by atoms with van der Waals surface area (Å²) in [6.07, 6.45) is 2.69. The van der Waals surface area contributed by atoms with Crippen LogP contribution in [0.25, 0.3) is 0 Å². The second-order valence-corrected chi connectivity index (χ2v) is 5.82. The molecule has 0 radical (unpaired) electrons. The lowest BCUT2D eigenvalue weighted by Gasteiger charge is -2.19. The average molecular weight is 283 g/mol. The van der Waals surface area contributed by atoms with Crippen LogP contribution in [-0.2, 0) is 0 Å². The number of hydrogen-bond donors (Lipinski definition) is 0. The first-order valence-electron chi connectivity index (χ1n) is 5.39. The van der Waals surface area contributed by atoms with E-state index in [1.54, 1.807) is 12.3 Å². The summed E-state index contributed by atoms with van der Waals surface area (Å²) in [5.74, 6) is 0.0885. The number of aromatic nitrogens is 1. The van der Waals surface area contributed by atoms with Crippen LogP contribution in [0.15, 0.2) is 22.9 Å². The highest BCUT2D eigenvalue weighted by atomic mass is 79.9. The van der Waals surface area contributed by atoms with E-state index in [1.165, 1.54) is 0 Å². The van der Waals surface area contributed by atoms with Gasteiger partial charge in [0.05, 0.1) is 5.56 Å². The van der Waals surface area contributed by atoms with Crippen molar-refractivity contribution in [1.82, 2.24) is 9.88 Å². The minimum absolute atomic E-state index is 0.0885. The molecular formula is C12H15BrN2O. The van der Waals surface area contributed by atoms with Gasteiger partial charge in [-0.3, -0.25) is 4.79 Å². The van der Waals surface area contributed by atoms with Crippen molar-refractivity contribution in [2.24, 2.45) is 5.41 Å². The summed E-state index contributed by atoms with van der Waals surface area (Å²) in [7, 11) is 0. The summed E-state index contributed by atoms with van der Waals surface area (Å²) in [6.45, 7) is 6.07. The minimum atomic E-state index is 0.0885. The molecule has 1 aliphatic heterocycles. The first-order chi connectivity index (χ1) is 7.48.